The molecule has 1 aromatic heterocycles. The van der Waals surface area contributed by atoms with Gasteiger partial charge in [-0.15, -0.1) is 0 Å². The monoisotopic (exact) mass is 572 g/mol. The molecule has 0 bridgehead atoms. The van der Waals surface area contributed by atoms with Gasteiger partial charge in [-0.2, -0.15) is 4.31 Å². The van der Waals surface area contributed by atoms with Crippen molar-refractivity contribution in [2.24, 2.45) is 0 Å². The average molecular weight is 573 g/mol. The number of morpholine rings is 1. The summed E-state index contributed by atoms with van der Waals surface area (Å²) in [5.74, 6) is -0.173. The molecule has 0 N–H and O–H groups in total. The molecule has 8 nitrogen and oxygen atoms in total. The molecule has 0 unspecified atom stereocenters. The highest BCUT2D eigenvalue weighted by Crippen LogP contribution is 2.33. The van der Waals surface area contributed by atoms with E-state index in [9.17, 15) is 13.2 Å². The summed E-state index contributed by atoms with van der Waals surface area (Å²) in [5, 5.41) is 0.666. The third kappa shape index (κ3) is 7.05. The number of carbonyl (C=O) groups excluding carboxylic acids is 1. The van der Waals surface area contributed by atoms with Crippen LogP contribution < -0.4 is 4.90 Å². The average Bonchev–Trinajstić information content (AvgIpc) is 3.36. The fourth-order valence-electron chi connectivity index (χ4n) is 4.89. The second kappa shape index (κ2) is 13.3. The third-order valence-corrected chi connectivity index (χ3v) is 10.1. The van der Waals surface area contributed by atoms with Gasteiger partial charge in [0.2, 0.25) is 10.0 Å². The molecule has 0 aliphatic carbocycles. The van der Waals surface area contributed by atoms with Crippen LogP contribution in [0.1, 0.15) is 54.6 Å². The van der Waals surface area contributed by atoms with Crippen molar-refractivity contribution in [1.82, 2.24) is 14.2 Å². The molecule has 0 saturated carbocycles. The fraction of sp³-hybridized carbons (Fsp3) is 0.517. The molecule has 0 atom stereocenters. The van der Waals surface area contributed by atoms with E-state index in [4.69, 9.17) is 9.72 Å². The number of fused-ring (bicyclic) bond motifs is 1. The van der Waals surface area contributed by atoms with Crippen LogP contribution in [-0.4, -0.2) is 81.0 Å². The Bertz CT molecular complexity index is 1370. The fourth-order valence-corrected chi connectivity index (χ4v) is 7.55. The lowest BCUT2D eigenvalue weighted by atomic mass is 10.1. The normalized spacial score (nSPS) is 14.8. The van der Waals surface area contributed by atoms with E-state index >= 15 is 0 Å². The Labute approximate surface area is 236 Å². The van der Waals surface area contributed by atoms with Crippen LogP contribution in [0.4, 0.5) is 5.13 Å². The highest BCUT2D eigenvalue weighted by atomic mass is 32.2. The van der Waals surface area contributed by atoms with Crippen molar-refractivity contribution in [3.63, 3.8) is 0 Å². The van der Waals surface area contributed by atoms with Gasteiger partial charge in [0.25, 0.3) is 5.91 Å². The van der Waals surface area contributed by atoms with Crippen molar-refractivity contribution >= 4 is 42.6 Å². The molecule has 1 amide bonds. The molecule has 1 aliphatic heterocycles. The van der Waals surface area contributed by atoms with Gasteiger partial charge in [-0.25, -0.2) is 13.4 Å². The first-order chi connectivity index (χ1) is 18.7. The number of thiazole rings is 1. The number of unbranched alkanes of at least 4 members (excludes halogenated alkanes) is 1. The first-order valence-corrected chi connectivity index (χ1v) is 16.1. The summed E-state index contributed by atoms with van der Waals surface area (Å²) < 4.78 is 34.3. The van der Waals surface area contributed by atoms with Gasteiger partial charge < -0.3 is 4.74 Å². The topological polar surface area (TPSA) is 83.1 Å². The van der Waals surface area contributed by atoms with Crippen LogP contribution in [-0.2, 0) is 14.8 Å². The maximum absolute atomic E-state index is 13.8. The van der Waals surface area contributed by atoms with E-state index in [2.05, 4.69) is 24.0 Å². The molecule has 4 rings (SSSR count). The largest absolute Gasteiger partial charge is 0.379 e. The minimum absolute atomic E-state index is 0.173. The van der Waals surface area contributed by atoms with Crippen LogP contribution in [0.2, 0.25) is 0 Å². The van der Waals surface area contributed by atoms with Crippen molar-refractivity contribution in [3.05, 3.63) is 53.1 Å². The SMILES string of the molecule is CCCCN(CC)S(=O)(=O)c1ccc(C(=O)N(CCCN2CCOCC2)c2nc3c(C)cc(C)cc3s2)cc1. The minimum Gasteiger partial charge on any atom is -0.379 e. The number of nitrogens with zero attached hydrogens (tertiary/aromatic N) is 4. The van der Waals surface area contributed by atoms with Gasteiger partial charge in [0.1, 0.15) is 0 Å². The van der Waals surface area contributed by atoms with E-state index in [1.54, 1.807) is 29.2 Å². The van der Waals surface area contributed by atoms with E-state index < -0.39 is 10.0 Å². The zero-order chi connectivity index (χ0) is 28.0. The Hall–Kier alpha value is -2.37. The van der Waals surface area contributed by atoms with E-state index in [0.717, 1.165) is 73.5 Å². The number of ether oxygens (including phenoxy) is 1. The lowest BCUT2D eigenvalue weighted by molar-refractivity contribution is 0.0376. The molecular formula is C29H40N4O4S2. The van der Waals surface area contributed by atoms with Gasteiger partial charge in [0, 0.05) is 44.8 Å². The summed E-state index contributed by atoms with van der Waals surface area (Å²) in [7, 11) is -3.61. The molecule has 2 heterocycles. The molecule has 1 aliphatic rings. The number of carbonyl (C=O) groups is 1. The molecule has 0 spiro atoms. The zero-order valence-electron chi connectivity index (χ0n) is 23.5. The summed E-state index contributed by atoms with van der Waals surface area (Å²) in [6, 6.07) is 10.6. The Morgan fingerprint density at radius 1 is 1.05 bits per heavy atom. The predicted octanol–water partition coefficient (Wildman–Crippen LogP) is 5.09. The number of benzene rings is 2. The maximum atomic E-state index is 13.8. The Morgan fingerprint density at radius 3 is 2.44 bits per heavy atom. The van der Waals surface area contributed by atoms with Crippen LogP contribution in [0.15, 0.2) is 41.3 Å². The molecule has 1 fully saturated rings. The van der Waals surface area contributed by atoms with E-state index in [0.29, 0.717) is 30.3 Å². The van der Waals surface area contributed by atoms with Crippen LogP contribution >= 0.6 is 11.3 Å². The summed E-state index contributed by atoms with van der Waals surface area (Å²) in [4.78, 5) is 23.0. The van der Waals surface area contributed by atoms with Gasteiger partial charge in [-0.05, 0) is 68.1 Å². The molecule has 212 valence electrons. The van der Waals surface area contributed by atoms with E-state index in [1.165, 1.54) is 15.6 Å². The van der Waals surface area contributed by atoms with Gasteiger partial charge in [0.15, 0.2) is 5.13 Å². The van der Waals surface area contributed by atoms with Crippen molar-refractivity contribution in [1.29, 1.82) is 0 Å². The van der Waals surface area contributed by atoms with E-state index in [1.807, 2.05) is 20.8 Å². The molecule has 1 saturated heterocycles. The Kier molecular flexibility index (Phi) is 10.1. The second-order valence-corrected chi connectivity index (χ2v) is 13.0. The standard InChI is InChI=1S/C29H40N4O4S2/c1-5-7-14-32(6-2)39(35,36)25-11-9-24(10-12-25)28(34)33(15-8-13-31-16-18-37-19-17-31)29-30-27-23(4)20-22(3)21-26(27)38-29/h9-12,20-21H,5-8,13-19H2,1-4H3. The quantitative estimate of drug-likeness (QED) is 0.301. The number of anilines is 1. The summed E-state index contributed by atoms with van der Waals surface area (Å²) >= 11 is 1.52. The highest BCUT2D eigenvalue weighted by molar-refractivity contribution is 7.89. The highest BCUT2D eigenvalue weighted by Gasteiger charge is 2.25. The van der Waals surface area contributed by atoms with E-state index in [-0.39, 0.29) is 10.8 Å². The molecule has 0 radical (unpaired) electrons. The Morgan fingerprint density at radius 2 is 1.77 bits per heavy atom. The first-order valence-electron chi connectivity index (χ1n) is 13.8. The van der Waals surface area contributed by atoms with Gasteiger partial charge in [-0.3, -0.25) is 14.6 Å². The van der Waals surface area contributed by atoms with Crippen LogP contribution in [0, 0.1) is 13.8 Å². The summed E-state index contributed by atoms with van der Waals surface area (Å²) in [6.45, 7) is 13.6. The molecule has 2 aromatic carbocycles. The summed E-state index contributed by atoms with van der Waals surface area (Å²) in [5.41, 5.74) is 3.62. The lowest BCUT2D eigenvalue weighted by Crippen LogP contribution is -2.39. The first kappa shape index (κ1) is 29.6. The van der Waals surface area contributed by atoms with Crippen molar-refractivity contribution in [3.8, 4) is 0 Å². The molecule has 3 aromatic rings. The predicted molar refractivity (Wildman–Crippen MR) is 158 cm³/mol. The number of sulfonamides is 1. The number of amides is 1. The van der Waals surface area contributed by atoms with Crippen molar-refractivity contribution in [2.45, 2.75) is 51.9 Å². The Balaban J connectivity index is 1.59. The minimum atomic E-state index is -3.61. The van der Waals surface area contributed by atoms with Crippen molar-refractivity contribution < 1.29 is 17.9 Å². The zero-order valence-corrected chi connectivity index (χ0v) is 25.1. The van der Waals surface area contributed by atoms with Crippen LogP contribution in [0.5, 0.6) is 0 Å². The van der Waals surface area contributed by atoms with Gasteiger partial charge in [-0.1, -0.05) is 37.7 Å². The number of hydrogen-bond acceptors (Lipinski definition) is 7. The maximum Gasteiger partial charge on any atom is 0.260 e. The number of aromatic nitrogens is 1. The second-order valence-electron chi connectivity index (χ2n) is 10.1. The number of aryl methyl sites for hydroxylation is 2. The van der Waals surface area contributed by atoms with Crippen LogP contribution in [0.25, 0.3) is 10.2 Å². The lowest BCUT2D eigenvalue weighted by Gasteiger charge is -2.27. The van der Waals surface area contributed by atoms with Gasteiger partial charge >= 0.3 is 0 Å². The number of rotatable bonds is 12. The third-order valence-electron chi connectivity index (χ3n) is 7.11. The number of hydrogen-bond donors (Lipinski definition) is 0. The smallest absolute Gasteiger partial charge is 0.260 e. The molecule has 39 heavy (non-hydrogen) atoms. The molecule has 10 heteroatoms. The van der Waals surface area contributed by atoms with Crippen molar-refractivity contribution in [2.75, 3.05) is 57.4 Å². The summed E-state index contributed by atoms with van der Waals surface area (Å²) in [6.07, 6.45) is 2.53. The van der Waals surface area contributed by atoms with Crippen LogP contribution in [0.3, 0.4) is 0 Å². The molecular weight excluding hydrogens is 532 g/mol. The van der Waals surface area contributed by atoms with Gasteiger partial charge in [0.05, 0.1) is 28.3 Å².